The first-order valence-corrected chi connectivity index (χ1v) is 7.98. The van der Waals surface area contributed by atoms with Crippen molar-refractivity contribution < 1.29 is 27.9 Å². The molecule has 11 heteroatoms. The van der Waals surface area contributed by atoms with Crippen LogP contribution in [0.2, 0.25) is 0 Å². The van der Waals surface area contributed by atoms with Gasteiger partial charge in [-0.05, 0) is 36.4 Å². The summed E-state index contributed by atoms with van der Waals surface area (Å²) in [4.78, 5) is 24.6. The van der Waals surface area contributed by atoms with E-state index in [0.29, 0.717) is 11.0 Å². The van der Waals surface area contributed by atoms with Gasteiger partial charge in [-0.3, -0.25) is 9.59 Å². The summed E-state index contributed by atoms with van der Waals surface area (Å²) >= 11 is 0. The standard InChI is InChI=1S/C17H14F3N5O3/c18-17(19,20)10-2-1-3-11(7-10)21-16(28)14(8-26)22-15(27)9-4-5-12-13(6-9)24-25-23-12/h1-7,14,26H,8H2,(H,21,28)(H,22,27)(H,23,24,25)/t14-/m0/s1. The fraction of sp³-hybridized carbons (Fsp3) is 0.176. The summed E-state index contributed by atoms with van der Waals surface area (Å²) in [5.41, 5.74) is 0.0956. The third-order valence-corrected chi connectivity index (χ3v) is 3.84. The predicted molar refractivity (Wildman–Crippen MR) is 92.3 cm³/mol. The first-order chi connectivity index (χ1) is 13.3. The summed E-state index contributed by atoms with van der Waals surface area (Å²) in [6.07, 6.45) is -4.56. The van der Waals surface area contributed by atoms with Crippen molar-refractivity contribution in [3.05, 3.63) is 53.6 Å². The van der Waals surface area contributed by atoms with Gasteiger partial charge in [-0.1, -0.05) is 6.07 Å². The van der Waals surface area contributed by atoms with Gasteiger partial charge in [0, 0.05) is 11.3 Å². The van der Waals surface area contributed by atoms with Crippen molar-refractivity contribution in [2.24, 2.45) is 0 Å². The van der Waals surface area contributed by atoms with Crippen LogP contribution in [-0.4, -0.2) is 45.0 Å². The molecule has 146 valence electrons. The fourth-order valence-corrected chi connectivity index (χ4v) is 2.42. The molecule has 0 aliphatic rings. The van der Waals surface area contributed by atoms with Crippen LogP contribution >= 0.6 is 0 Å². The number of carbonyl (C=O) groups is 2. The summed E-state index contributed by atoms with van der Waals surface area (Å²) in [6.45, 7) is -0.747. The minimum absolute atomic E-state index is 0.114. The molecular weight excluding hydrogens is 379 g/mol. The number of aromatic amines is 1. The van der Waals surface area contributed by atoms with Gasteiger partial charge in [-0.2, -0.15) is 28.6 Å². The van der Waals surface area contributed by atoms with Crippen LogP contribution in [0.1, 0.15) is 15.9 Å². The molecule has 0 radical (unpaired) electrons. The molecule has 0 spiro atoms. The smallest absolute Gasteiger partial charge is 0.394 e. The van der Waals surface area contributed by atoms with E-state index in [9.17, 15) is 27.9 Å². The van der Waals surface area contributed by atoms with Crippen LogP contribution in [0, 0.1) is 0 Å². The second-order valence-corrected chi connectivity index (χ2v) is 5.80. The van der Waals surface area contributed by atoms with Crippen LogP contribution < -0.4 is 10.6 Å². The number of anilines is 1. The molecule has 0 fully saturated rings. The number of aliphatic hydroxyl groups excluding tert-OH is 1. The van der Waals surface area contributed by atoms with E-state index in [0.717, 1.165) is 18.2 Å². The topological polar surface area (TPSA) is 120 Å². The number of fused-ring (bicyclic) bond motifs is 1. The molecule has 0 aliphatic carbocycles. The van der Waals surface area contributed by atoms with Crippen LogP contribution in [0.5, 0.6) is 0 Å². The van der Waals surface area contributed by atoms with Gasteiger partial charge in [0.05, 0.1) is 12.2 Å². The quantitative estimate of drug-likeness (QED) is 0.526. The summed E-state index contributed by atoms with van der Waals surface area (Å²) < 4.78 is 38.3. The van der Waals surface area contributed by atoms with E-state index in [1.54, 1.807) is 6.07 Å². The molecule has 2 amide bonds. The molecule has 0 aliphatic heterocycles. The molecule has 1 atom stereocenters. The Labute approximate surface area is 155 Å². The minimum Gasteiger partial charge on any atom is -0.394 e. The zero-order valence-corrected chi connectivity index (χ0v) is 14.1. The fourth-order valence-electron chi connectivity index (χ4n) is 2.42. The molecule has 4 N–H and O–H groups in total. The van der Waals surface area contributed by atoms with E-state index in [4.69, 9.17) is 0 Å². The van der Waals surface area contributed by atoms with Crippen molar-refractivity contribution in [3.8, 4) is 0 Å². The third-order valence-electron chi connectivity index (χ3n) is 3.84. The maximum absolute atomic E-state index is 12.8. The molecule has 1 heterocycles. The first-order valence-electron chi connectivity index (χ1n) is 7.98. The summed E-state index contributed by atoms with van der Waals surface area (Å²) in [6, 6.07) is 7.10. The summed E-state index contributed by atoms with van der Waals surface area (Å²) in [7, 11) is 0. The number of alkyl halides is 3. The van der Waals surface area contributed by atoms with Crippen LogP contribution in [0.25, 0.3) is 11.0 Å². The average Bonchev–Trinajstić information content (AvgIpc) is 3.13. The molecule has 2 aromatic carbocycles. The highest BCUT2D eigenvalue weighted by Crippen LogP contribution is 2.30. The Morgan fingerprint density at radius 3 is 2.57 bits per heavy atom. The summed E-state index contributed by atoms with van der Waals surface area (Å²) in [5.74, 6) is -1.53. The van der Waals surface area contributed by atoms with E-state index in [2.05, 4.69) is 26.0 Å². The molecule has 3 aromatic rings. The van der Waals surface area contributed by atoms with Gasteiger partial charge in [0.2, 0.25) is 5.91 Å². The maximum atomic E-state index is 12.8. The molecule has 0 bridgehead atoms. The number of hydrogen-bond donors (Lipinski definition) is 4. The van der Waals surface area contributed by atoms with E-state index < -0.39 is 36.2 Å². The number of nitrogens with one attached hydrogen (secondary N) is 3. The first kappa shape index (κ1) is 19.3. The zero-order chi connectivity index (χ0) is 20.3. The van der Waals surface area contributed by atoms with E-state index in [1.807, 2.05) is 0 Å². The van der Waals surface area contributed by atoms with Gasteiger partial charge >= 0.3 is 6.18 Å². The normalized spacial score (nSPS) is 12.6. The number of hydrogen-bond acceptors (Lipinski definition) is 5. The number of H-pyrrole nitrogens is 1. The molecule has 0 unspecified atom stereocenters. The van der Waals surface area contributed by atoms with Gasteiger partial charge in [-0.25, -0.2) is 0 Å². The van der Waals surface area contributed by atoms with Crippen LogP contribution in [0.3, 0.4) is 0 Å². The molecule has 1 aromatic heterocycles. The van der Waals surface area contributed by atoms with Crippen molar-refractivity contribution in [1.82, 2.24) is 20.7 Å². The molecule has 8 nitrogen and oxygen atoms in total. The highest BCUT2D eigenvalue weighted by atomic mass is 19.4. The highest BCUT2D eigenvalue weighted by molar-refractivity contribution is 6.02. The third kappa shape index (κ3) is 4.26. The van der Waals surface area contributed by atoms with Crippen molar-refractivity contribution >= 4 is 28.5 Å². The SMILES string of the molecule is O=C(N[C@@H](CO)C(=O)Nc1cccc(C(F)(F)F)c1)c1ccc2n[nH]nc2c1. The number of nitrogens with zero attached hydrogens (tertiary/aromatic N) is 2. The van der Waals surface area contributed by atoms with E-state index in [-0.39, 0.29) is 11.3 Å². The minimum atomic E-state index is -4.56. The number of aromatic nitrogens is 3. The Bertz CT molecular complexity index is 1020. The van der Waals surface area contributed by atoms with Crippen LogP contribution in [-0.2, 0) is 11.0 Å². The zero-order valence-electron chi connectivity index (χ0n) is 14.1. The number of halogens is 3. The largest absolute Gasteiger partial charge is 0.416 e. The second kappa shape index (κ2) is 7.64. The Morgan fingerprint density at radius 2 is 1.86 bits per heavy atom. The van der Waals surface area contributed by atoms with Crippen molar-refractivity contribution in [2.45, 2.75) is 12.2 Å². The molecule has 0 saturated heterocycles. The number of benzene rings is 2. The van der Waals surface area contributed by atoms with Gasteiger partial charge < -0.3 is 15.7 Å². The molecular formula is C17H14F3N5O3. The number of rotatable bonds is 5. The molecule has 0 saturated carbocycles. The number of carbonyl (C=O) groups excluding carboxylic acids is 2. The predicted octanol–water partition coefficient (Wildman–Crippen LogP) is 1.71. The van der Waals surface area contributed by atoms with Gasteiger partial charge in [-0.15, -0.1) is 0 Å². The van der Waals surface area contributed by atoms with Crippen molar-refractivity contribution in [3.63, 3.8) is 0 Å². The lowest BCUT2D eigenvalue weighted by molar-refractivity contribution is -0.137. The van der Waals surface area contributed by atoms with Gasteiger partial charge in [0.1, 0.15) is 17.1 Å². The lowest BCUT2D eigenvalue weighted by atomic mass is 10.1. The Kier molecular flexibility index (Phi) is 5.27. The molecule has 28 heavy (non-hydrogen) atoms. The maximum Gasteiger partial charge on any atom is 0.416 e. The van der Waals surface area contributed by atoms with Crippen LogP contribution in [0.4, 0.5) is 18.9 Å². The van der Waals surface area contributed by atoms with Gasteiger partial charge in [0.15, 0.2) is 0 Å². The summed E-state index contributed by atoms with van der Waals surface area (Å²) in [5, 5.41) is 24.1. The Balaban J connectivity index is 1.70. The highest BCUT2D eigenvalue weighted by Gasteiger charge is 2.30. The van der Waals surface area contributed by atoms with Crippen molar-refractivity contribution in [1.29, 1.82) is 0 Å². The number of aliphatic hydroxyl groups is 1. The molecule has 3 rings (SSSR count). The van der Waals surface area contributed by atoms with Crippen molar-refractivity contribution in [2.75, 3.05) is 11.9 Å². The van der Waals surface area contributed by atoms with E-state index >= 15 is 0 Å². The lowest BCUT2D eigenvalue weighted by Crippen LogP contribution is -2.46. The Hall–Kier alpha value is -3.47. The number of amides is 2. The lowest BCUT2D eigenvalue weighted by Gasteiger charge is -2.17. The van der Waals surface area contributed by atoms with Crippen LogP contribution in [0.15, 0.2) is 42.5 Å². The second-order valence-electron chi connectivity index (χ2n) is 5.80. The average molecular weight is 393 g/mol. The Morgan fingerprint density at radius 1 is 1.11 bits per heavy atom. The monoisotopic (exact) mass is 393 g/mol. The van der Waals surface area contributed by atoms with E-state index in [1.165, 1.54) is 18.2 Å². The van der Waals surface area contributed by atoms with Gasteiger partial charge in [0.25, 0.3) is 5.91 Å².